The molecule has 104 valence electrons. The van der Waals surface area contributed by atoms with Gasteiger partial charge in [0.05, 0.1) is 16.4 Å². The molecule has 0 aliphatic rings. The van der Waals surface area contributed by atoms with Crippen molar-refractivity contribution >= 4 is 11.6 Å². The molecule has 4 heteroatoms. The molecule has 0 aromatic carbocycles. The molecule has 1 N–H and O–H groups in total. The molecule has 1 aromatic heterocycles. The van der Waals surface area contributed by atoms with E-state index in [1.54, 1.807) is 0 Å². The lowest BCUT2D eigenvalue weighted by Crippen LogP contribution is -2.31. The first-order chi connectivity index (χ1) is 8.67. The van der Waals surface area contributed by atoms with Crippen molar-refractivity contribution in [3.05, 3.63) is 16.4 Å². The Labute approximate surface area is 116 Å². The summed E-state index contributed by atoms with van der Waals surface area (Å²) in [4.78, 5) is 0. The number of nitrogens with zero attached hydrogens (tertiary/aromatic N) is 2. The maximum absolute atomic E-state index is 6.44. The third kappa shape index (κ3) is 3.72. The van der Waals surface area contributed by atoms with Gasteiger partial charge in [-0.25, -0.2) is 0 Å². The second-order valence-corrected chi connectivity index (χ2v) is 5.00. The first-order valence-electron chi connectivity index (χ1n) is 7.15. The van der Waals surface area contributed by atoms with Gasteiger partial charge < -0.3 is 5.32 Å². The fraction of sp³-hybridized carbons (Fsp3) is 0.786. The van der Waals surface area contributed by atoms with E-state index in [2.05, 4.69) is 42.8 Å². The average Bonchev–Trinajstić information content (AvgIpc) is 2.67. The quantitative estimate of drug-likeness (QED) is 0.785. The number of aromatic nitrogens is 2. The van der Waals surface area contributed by atoms with Crippen LogP contribution in [0, 0.1) is 0 Å². The number of hydrogen-bond acceptors (Lipinski definition) is 2. The molecule has 1 rings (SSSR count). The van der Waals surface area contributed by atoms with E-state index in [4.69, 9.17) is 11.6 Å². The van der Waals surface area contributed by atoms with Crippen molar-refractivity contribution in [2.24, 2.45) is 0 Å². The summed E-state index contributed by atoms with van der Waals surface area (Å²) in [5, 5.41) is 8.99. The number of rotatable bonds is 8. The van der Waals surface area contributed by atoms with Crippen LogP contribution < -0.4 is 5.32 Å². The molecule has 0 saturated heterocycles. The van der Waals surface area contributed by atoms with Crippen molar-refractivity contribution in [1.82, 2.24) is 15.1 Å². The third-order valence-corrected chi connectivity index (χ3v) is 3.70. The van der Waals surface area contributed by atoms with E-state index in [0.29, 0.717) is 6.04 Å². The van der Waals surface area contributed by atoms with E-state index in [-0.39, 0.29) is 0 Å². The van der Waals surface area contributed by atoms with Crippen molar-refractivity contribution in [3.8, 4) is 0 Å². The number of hydrogen-bond donors (Lipinski definition) is 1. The van der Waals surface area contributed by atoms with E-state index in [1.165, 1.54) is 18.5 Å². The smallest absolute Gasteiger partial charge is 0.0850 e. The third-order valence-electron chi connectivity index (χ3n) is 3.26. The molecule has 0 aliphatic carbocycles. The largest absolute Gasteiger partial charge is 0.314 e. The summed E-state index contributed by atoms with van der Waals surface area (Å²) in [5.41, 5.74) is 2.22. The number of likely N-dealkylation sites (N-methyl/N-ethyl adjacent to an activating group) is 1. The van der Waals surface area contributed by atoms with Gasteiger partial charge >= 0.3 is 0 Å². The minimum Gasteiger partial charge on any atom is -0.314 e. The van der Waals surface area contributed by atoms with Gasteiger partial charge in [0, 0.05) is 19.0 Å². The summed E-state index contributed by atoms with van der Waals surface area (Å²) in [6.45, 7) is 10.5. The maximum Gasteiger partial charge on any atom is 0.0850 e. The Morgan fingerprint density at radius 3 is 2.50 bits per heavy atom. The zero-order chi connectivity index (χ0) is 13.5. The van der Waals surface area contributed by atoms with Crippen LogP contribution in [0.3, 0.4) is 0 Å². The van der Waals surface area contributed by atoms with E-state index in [9.17, 15) is 0 Å². The molecule has 0 radical (unpaired) electrons. The second-order valence-electron chi connectivity index (χ2n) is 4.62. The van der Waals surface area contributed by atoms with Crippen molar-refractivity contribution in [2.75, 3.05) is 6.54 Å². The van der Waals surface area contributed by atoms with Crippen molar-refractivity contribution in [1.29, 1.82) is 0 Å². The molecular weight excluding hydrogens is 246 g/mol. The van der Waals surface area contributed by atoms with E-state index in [1.807, 2.05) is 0 Å². The van der Waals surface area contributed by atoms with Crippen molar-refractivity contribution < 1.29 is 0 Å². The van der Waals surface area contributed by atoms with Crippen molar-refractivity contribution in [3.63, 3.8) is 0 Å². The minimum absolute atomic E-state index is 0.504. The molecule has 1 atom stereocenters. The summed E-state index contributed by atoms with van der Waals surface area (Å²) >= 11 is 6.44. The van der Waals surface area contributed by atoms with Crippen LogP contribution in [0.2, 0.25) is 5.02 Å². The van der Waals surface area contributed by atoms with Gasteiger partial charge in [-0.1, -0.05) is 38.8 Å². The SMILES string of the molecule is CCCC(Cc1c(Cl)c(CC)nn1CC)NCC. The zero-order valence-corrected chi connectivity index (χ0v) is 12.8. The molecule has 0 bridgehead atoms. The normalized spacial score (nSPS) is 12.9. The zero-order valence-electron chi connectivity index (χ0n) is 12.1. The fourth-order valence-corrected chi connectivity index (χ4v) is 2.71. The van der Waals surface area contributed by atoms with Gasteiger partial charge in [0.15, 0.2) is 0 Å². The molecule has 3 nitrogen and oxygen atoms in total. The Hall–Kier alpha value is -0.540. The van der Waals surface area contributed by atoms with E-state index < -0.39 is 0 Å². The highest BCUT2D eigenvalue weighted by Gasteiger charge is 2.17. The summed E-state index contributed by atoms with van der Waals surface area (Å²) in [5.74, 6) is 0. The predicted molar refractivity (Wildman–Crippen MR) is 78.4 cm³/mol. The summed E-state index contributed by atoms with van der Waals surface area (Å²) < 4.78 is 2.06. The monoisotopic (exact) mass is 271 g/mol. The number of halogens is 1. The summed E-state index contributed by atoms with van der Waals surface area (Å²) in [6, 6.07) is 0.504. The maximum atomic E-state index is 6.44. The second kappa shape index (κ2) is 7.80. The van der Waals surface area contributed by atoms with Gasteiger partial charge in [-0.3, -0.25) is 4.68 Å². The molecule has 0 amide bonds. The van der Waals surface area contributed by atoms with Crippen LogP contribution in [0.15, 0.2) is 0 Å². The molecular formula is C14H26ClN3. The lowest BCUT2D eigenvalue weighted by atomic mass is 10.1. The molecule has 1 heterocycles. The van der Waals surface area contributed by atoms with Crippen LogP contribution in [0.25, 0.3) is 0 Å². The molecule has 0 saturated carbocycles. The van der Waals surface area contributed by atoms with E-state index >= 15 is 0 Å². The fourth-order valence-electron chi connectivity index (χ4n) is 2.36. The van der Waals surface area contributed by atoms with Gasteiger partial charge in [0.2, 0.25) is 0 Å². The van der Waals surface area contributed by atoms with Gasteiger partial charge in [-0.2, -0.15) is 5.10 Å². The van der Waals surface area contributed by atoms with E-state index in [0.717, 1.165) is 36.6 Å². The molecule has 1 unspecified atom stereocenters. The first kappa shape index (κ1) is 15.5. The highest BCUT2D eigenvalue weighted by molar-refractivity contribution is 6.31. The Bertz CT molecular complexity index is 354. The number of aryl methyl sites for hydroxylation is 2. The van der Waals surface area contributed by atoms with Crippen LogP contribution in [-0.4, -0.2) is 22.4 Å². The highest BCUT2D eigenvalue weighted by atomic mass is 35.5. The van der Waals surface area contributed by atoms with Crippen LogP contribution in [-0.2, 0) is 19.4 Å². The molecule has 0 spiro atoms. The topological polar surface area (TPSA) is 29.9 Å². The molecule has 1 aromatic rings. The van der Waals surface area contributed by atoms with Gasteiger partial charge in [0.1, 0.15) is 0 Å². The minimum atomic E-state index is 0.504. The van der Waals surface area contributed by atoms with Gasteiger partial charge in [-0.15, -0.1) is 0 Å². The Morgan fingerprint density at radius 2 is 2.00 bits per heavy atom. The Kier molecular flexibility index (Phi) is 6.72. The first-order valence-corrected chi connectivity index (χ1v) is 7.52. The lowest BCUT2D eigenvalue weighted by Gasteiger charge is -2.17. The highest BCUT2D eigenvalue weighted by Crippen LogP contribution is 2.23. The Balaban J connectivity index is 2.89. The van der Waals surface area contributed by atoms with Crippen LogP contribution in [0.4, 0.5) is 0 Å². The van der Waals surface area contributed by atoms with Crippen LogP contribution in [0.1, 0.15) is 51.9 Å². The summed E-state index contributed by atoms with van der Waals surface area (Å²) in [7, 11) is 0. The molecule has 0 aliphatic heterocycles. The van der Waals surface area contributed by atoms with Gasteiger partial charge in [0.25, 0.3) is 0 Å². The van der Waals surface area contributed by atoms with Crippen LogP contribution >= 0.6 is 11.6 Å². The number of nitrogens with one attached hydrogen (secondary N) is 1. The molecule has 0 fully saturated rings. The lowest BCUT2D eigenvalue weighted by molar-refractivity contribution is 0.467. The average molecular weight is 272 g/mol. The van der Waals surface area contributed by atoms with Crippen LogP contribution in [0.5, 0.6) is 0 Å². The summed E-state index contributed by atoms with van der Waals surface area (Å²) in [6.07, 6.45) is 4.25. The standard InChI is InChI=1S/C14H26ClN3/c1-5-9-11(16-7-3)10-13-14(15)12(6-2)17-18(13)8-4/h11,16H,5-10H2,1-4H3. The Morgan fingerprint density at radius 1 is 1.28 bits per heavy atom. The van der Waals surface area contributed by atoms with Gasteiger partial charge in [-0.05, 0) is 26.3 Å². The predicted octanol–water partition coefficient (Wildman–Crippen LogP) is 3.44. The molecule has 18 heavy (non-hydrogen) atoms. The van der Waals surface area contributed by atoms with Crippen molar-refractivity contribution in [2.45, 2.75) is 66.0 Å².